The maximum atomic E-state index is 13.1. The highest BCUT2D eigenvalue weighted by Gasteiger charge is 2.10. The molecular weight excluding hydrogens is 270 g/mol. The molecule has 0 saturated heterocycles. The largest absolute Gasteiger partial charge is 0.308 e. The second kappa shape index (κ2) is 7.27. The number of rotatable bonds is 6. The predicted octanol–water partition coefficient (Wildman–Crippen LogP) is 3.95. The van der Waals surface area contributed by atoms with E-state index in [0.717, 1.165) is 36.2 Å². The molecule has 0 amide bonds. The van der Waals surface area contributed by atoms with Crippen LogP contribution in [0.1, 0.15) is 36.2 Å². The minimum Gasteiger partial charge on any atom is -0.308 e. The SMILES string of the molecule is CCC(NCCc1ccc(F)cc1C)c1ccc(F)cn1. The molecule has 0 saturated carbocycles. The zero-order chi connectivity index (χ0) is 15.2. The van der Waals surface area contributed by atoms with Gasteiger partial charge in [-0.05, 0) is 61.7 Å². The molecule has 1 N–H and O–H groups in total. The van der Waals surface area contributed by atoms with Crippen LogP contribution in [0.3, 0.4) is 0 Å². The van der Waals surface area contributed by atoms with Crippen molar-refractivity contribution in [2.75, 3.05) is 6.54 Å². The van der Waals surface area contributed by atoms with Crippen LogP contribution in [-0.2, 0) is 6.42 Å². The molecule has 1 atom stereocenters. The molecule has 2 rings (SSSR count). The zero-order valence-electron chi connectivity index (χ0n) is 12.4. The van der Waals surface area contributed by atoms with Gasteiger partial charge in [0.15, 0.2) is 0 Å². The van der Waals surface area contributed by atoms with E-state index in [1.54, 1.807) is 12.1 Å². The Balaban J connectivity index is 1.93. The van der Waals surface area contributed by atoms with Gasteiger partial charge in [0.25, 0.3) is 0 Å². The lowest BCUT2D eigenvalue weighted by Crippen LogP contribution is -2.24. The van der Waals surface area contributed by atoms with Crippen LogP contribution in [0, 0.1) is 18.6 Å². The molecule has 4 heteroatoms. The fourth-order valence-electron chi connectivity index (χ4n) is 2.37. The van der Waals surface area contributed by atoms with E-state index in [2.05, 4.69) is 17.2 Å². The van der Waals surface area contributed by atoms with Gasteiger partial charge in [0.2, 0.25) is 0 Å². The number of aromatic nitrogens is 1. The first-order chi connectivity index (χ1) is 10.1. The van der Waals surface area contributed by atoms with Gasteiger partial charge >= 0.3 is 0 Å². The Morgan fingerprint density at radius 2 is 1.90 bits per heavy atom. The molecule has 112 valence electrons. The van der Waals surface area contributed by atoms with E-state index in [-0.39, 0.29) is 17.7 Å². The summed E-state index contributed by atoms with van der Waals surface area (Å²) in [5, 5.41) is 3.42. The van der Waals surface area contributed by atoms with E-state index in [4.69, 9.17) is 0 Å². The number of halogens is 2. The third-order valence-electron chi connectivity index (χ3n) is 3.61. The molecule has 0 bridgehead atoms. The summed E-state index contributed by atoms with van der Waals surface area (Å²) in [5.41, 5.74) is 2.94. The Labute approximate surface area is 124 Å². The number of benzene rings is 1. The quantitative estimate of drug-likeness (QED) is 0.871. The minimum absolute atomic E-state index is 0.103. The topological polar surface area (TPSA) is 24.9 Å². The molecule has 0 spiro atoms. The average Bonchev–Trinajstić information content (AvgIpc) is 2.47. The van der Waals surface area contributed by atoms with Gasteiger partial charge in [0, 0.05) is 6.04 Å². The van der Waals surface area contributed by atoms with Crippen molar-refractivity contribution in [2.24, 2.45) is 0 Å². The standard InChI is InChI=1S/C17H20F2N2/c1-3-16(17-7-6-15(19)11-21-17)20-9-8-13-4-5-14(18)10-12(13)2/h4-7,10-11,16,20H,3,8-9H2,1-2H3. The molecule has 0 fully saturated rings. The molecule has 2 aromatic rings. The summed E-state index contributed by atoms with van der Waals surface area (Å²) in [4.78, 5) is 4.12. The molecule has 1 unspecified atom stereocenters. The van der Waals surface area contributed by atoms with Crippen LogP contribution in [0.25, 0.3) is 0 Å². The van der Waals surface area contributed by atoms with Crippen LogP contribution in [0.15, 0.2) is 36.5 Å². The van der Waals surface area contributed by atoms with E-state index < -0.39 is 0 Å². The summed E-state index contributed by atoms with van der Waals surface area (Å²) in [6.07, 6.45) is 2.94. The molecule has 0 aliphatic rings. The monoisotopic (exact) mass is 290 g/mol. The molecular formula is C17H20F2N2. The summed E-state index contributed by atoms with van der Waals surface area (Å²) in [5.74, 6) is -0.526. The number of nitrogens with zero attached hydrogens (tertiary/aromatic N) is 1. The van der Waals surface area contributed by atoms with E-state index in [1.165, 1.54) is 18.3 Å². The fourth-order valence-corrected chi connectivity index (χ4v) is 2.37. The minimum atomic E-state index is -0.324. The Hall–Kier alpha value is -1.81. The van der Waals surface area contributed by atoms with Crippen LogP contribution in [0.5, 0.6) is 0 Å². The van der Waals surface area contributed by atoms with Crippen molar-refractivity contribution in [3.05, 3.63) is 65.0 Å². The molecule has 2 nitrogen and oxygen atoms in total. The van der Waals surface area contributed by atoms with Crippen LogP contribution in [-0.4, -0.2) is 11.5 Å². The van der Waals surface area contributed by atoms with Crippen LogP contribution >= 0.6 is 0 Å². The third-order valence-corrected chi connectivity index (χ3v) is 3.61. The van der Waals surface area contributed by atoms with Gasteiger partial charge in [-0.2, -0.15) is 0 Å². The average molecular weight is 290 g/mol. The molecule has 0 radical (unpaired) electrons. The van der Waals surface area contributed by atoms with E-state index in [0.29, 0.717) is 0 Å². The van der Waals surface area contributed by atoms with Crippen molar-refractivity contribution in [3.63, 3.8) is 0 Å². The maximum Gasteiger partial charge on any atom is 0.141 e. The third kappa shape index (κ3) is 4.33. The van der Waals surface area contributed by atoms with Crippen LogP contribution in [0.2, 0.25) is 0 Å². The first-order valence-corrected chi connectivity index (χ1v) is 7.20. The van der Waals surface area contributed by atoms with Crippen molar-refractivity contribution in [3.8, 4) is 0 Å². The lowest BCUT2D eigenvalue weighted by Gasteiger charge is -2.17. The Morgan fingerprint density at radius 3 is 2.52 bits per heavy atom. The van der Waals surface area contributed by atoms with Gasteiger partial charge in [-0.1, -0.05) is 13.0 Å². The van der Waals surface area contributed by atoms with Gasteiger partial charge in [0.05, 0.1) is 11.9 Å². The first-order valence-electron chi connectivity index (χ1n) is 7.20. The zero-order valence-corrected chi connectivity index (χ0v) is 12.4. The molecule has 0 aliphatic heterocycles. The number of aryl methyl sites for hydroxylation is 1. The summed E-state index contributed by atoms with van der Waals surface area (Å²) >= 11 is 0. The molecule has 21 heavy (non-hydrogen) atoms. The lowest BCUT2D eigenvalue weighted by molar-refractivity contribution is 0.507. The van der Waals surface area contributed by atoms with Gasteiger partial charge in [-0.3, -0.25) is 4.98 Å². The van der Waals surface area contributed by atoms with E-state index in [1.807, 2.05) is 13.0 Å². The van der Waals surface area contributed by atoms with Crippen molar-refractivity contribution < 1.29 is 8.78 Å². The second-order valence-corrected chi connectivity index (χ2v) is 5.14. The van der Waals surface area contributed by atoms with Crippen molar-refractivity contribution in [2.45, 2.75) is 32.7 Å². The summed E-state index contributed by atoms with van der Waals surface area (Å²) in [6.45, 7) is 4.74. The highest BCUT2D eigenvalue weighted by Crippen LogP contribution is 2.15. The van der Waals surface area contributed by atoms with Crippen molar-refractivity contribution in [1.29, 1.82) is 0 Å². The number of nitrogens with one attached hydrogen (secondary N) is 1. The second-order valence-electron chi connectivity index (χ2n) is 5.14. The smallest absolute Gasteiger partial charge is 0.141 e. The Bertz CT molecular complexity index is 582. The number of hydrogen-bond acceptors (Lipinski definition) is 2. The number of hydrogen-bond donors (Lipinski definition) is 1. The Morgan fingerprint density at radius 1 is 1.14 bits per heavy atom. The summed E-state index contributed by atoms with van der Waals surface area (Å²) < 4.78 is 25.9. The van der Waals surface area contributed by atoms with Gasteiger partial charge < -0.3 is 5.32 Å². The van der Waals surface area contributed by atoms with Crippen molar-refractivity contribution >= 4 is 0 Å². The highest BCUT2D eigenvalue weighted by molar-refractivity contribution is 5.26. The summed E-state index contributed by atoms with van der Waals surface area (Å²) in [6, 6.07) is 8.10. The van der Waals surface area contributed by atoms with Gasteiger partial charge in [-0.25, -0.2) is 8.78 Å². The van der Waals surface area contributed by atoms with Gasteiger partial charge in [-0.15, -0.1) is 0 Å². The van der Waals surface area contributed by atoms with E-state index >= 15 is 0 Å². The molecule has 1 aromatic heterocycles. The van der Waals surface area contributed by atoms with E-state index in [9.17, 15) is 8.78 Å². The van der Waals surface area contributed by atoms with Crippen LogP contribution < -0.4 is 5.32 Å². The normalized spacial score (nSPS) is 12.4. The number of pyridine rings is 1. The fraction of sp³-hybridized carbons (Fsp3) is 0.353. The predicted molar refractivity (Wildman–Crippen MR) is 80.1 cm³/mol. The van der Waals surface area contributed by atoms with Crippen molar-refractivity contribution in [1.82, 2.24) is 10.3 Å². The lowest BCUT2D eigenvalue weighted by atomic mass is 10.0. The molecule has 0 aliphatic carbocycles. The van der Waals surface area contributed by atoms with Gasteiger partial charge in [0.1, 0.15) is 11.6 Å². The first kappa shape index (κ1) is 15.6. The maximum absolute atomic E-state index is 13.1. The Kier molecular flexibility index (Phi) is 5.39. The van der Waals surface area contributed by atoms with Crippen LogP contribution in [0.4, 0.5) is 8.78 Å². The summed E-state index contributed by atoms with van der Waals surface area (Å²) in [7, 11) is 0. The molecule has 1 heterocycles. The highest BCUT2D eigenvalue weighted by atomic mass is 19.1. The molecule has 1 aromatic carbocycles.